The number of aromatic nitrogens is 2. The van der Waals surface area contributed by atoms with E-state index in [1.165, 1.54) is 20.1 Å². The van der Waals surface area contributed by atoms with Gasteiger partial charge in [0.05, 0.1) is 17.8 Å². The summed E-state index contributed by atoms with van der Waals surface area (Å²) in [7, 11) is 1.32. The normalized spacial score (nSPS) is 11.6. The van der Waals surface area contributed by atoms with Crippen LogP contribution in [-0.2, 0) is 6.18 Å². The number of alkyl halides is 3. The maximum Gasteiger partial charge on any atom is 0.433 e. The van der Waals surface area contributed by atoms with E-state index < -0.39 is 17.7 Å². The zero-order valence-corrected chi connectivity index (χ0v) is 11.7. The zero-order valence-electron chi connectivity index (χ0n) is 10.9. The highest BCUT2D eigenvalue weighted by molar-refractivity contribution is 6.32. The van der Waals surface area contributed by atoms with Gasteiger partial charge in [0, 0.05) is 11.1 Å². The van der Waals surface area contributed by atoms with Gasteiger partial charge in [-0.05, 0) is 19.1 Å². The molecule has 0 aliphatic heterocycles. The highest BCUT2D eigenvalue weighted by Crippen LogP contribution is 2.37. The molecule has 0 saturated carbocycles. The first-order chi connectivity index (χ1) is 9.75. The van der Waals surface area contributed by atoms with E-state index >= 15 is 0 Å². The topological polar surface area (TPSA) is 35.0 Å². The lowest BCUT2D eigenvalue weighted by Gasteiger charge is -2.13. The third-order valence-corrected chi connectivity index (χ3v) is 3.14. The van der Waals surface area contributed by atoms with E-state index in [4.69, 9.17) is 16.3 Å². The Balaban J connectivity index is 2.68. The molecule has 1 heterocycles. The Bertz CT molecular complexity index is 689. The summed E-state index contributed by atoms with van der Waals surface area (Å²) in [5.74, 6) is -0.657. The molecule has 3 nitrogen and oxygen atoms in total. The van der Waals surface area contributed by atoms with Crippen molar-refractivity contribution in [3.05, 3.63) is 40.6 Å². The Morgan fingerprint density at radius 2 is 1.86 bits per heavy atom. The summed E-state index contributed by atoms with van der Waals surface area (Å²) in [5.41, 5.74) is -1.68. The third kappa shape index (κ3) is 2.92. The van der Waals surface area contributed by atoms with Crippen molar-refractivity contribution in [3.63, 3.8) is 0 Å². The number of hydrogen-bond donors (Lipinski definition) is 0. The van der Waals surface area contributed by atoms with Gasteiger partial charge < -0.3 is 4.74 Å². The van der Waals surface area contributed by atoms with Gasteiger partial charge in [-0.25, -0.2) is 14.4 Å². The predicted octanol–water partition coefficient (Wildman–Crippen LogP) is 4.27. The van der Waals surface area contributed by atoms with Crippen LogP contribution in [0.4, 0.5) is 17.6 Å². The monoisotopic (exact) mass is 320 g/mol. The third-order valence-electron chi connectivity index (χ3n) is 2.85. The van der Waals surface area contributed by atoms with Crippen molar-refractivity contribution in [2.45, 2.75) is 13.1 Å². The molecule has 0 unspecified atom stereocenters. The Morgan fingerprint density at radius 3 is 2.43 bits per heavy atom. The van der Waals surface area contributed by atoms with Crippen LogP contribution in [0.15, 0.2) is 18.5 Å². The molecule has 0 aliphatic rings. The molecule has 1 aromatic heterocycles. The Hall–Kier alpha value is -1.89. The lowest BCUT2D eigenvalue weighted by molar-refractivity contribution is -0.141. The lowest BCUT2D eigenvalue weighted by atomic mass is 10.0. The van der Waals surface area contributed by atoms with Gasteiger partial charge >= 0.3 is 6.18 Å². The second-order valence-corrected chi connectivity index (χ2v) is 4.57. The maximum atomic E-state index is 14.0. The van der Waals surface area contributed by atoms with Gasteiger partial charge in [0.2, 0.25) is 0 Å². The fourth-order valence-corrected chi connectivity index (χ4v) is 2.10. The van der Waals surface area contributed by atoms with E-state index in [-0.39, 0.29) is 27.6 Å². The number of ether oxygens (including phenoxy) is 1. The summed E-state index contributed by atoms with van der Waals surface area (Å²) in [6, 6.07) is 2.16. The number of halogens is 5. The van der Waals surface area contributed by atoms with Crippen molar-refractivity contribution in [2.75, 3.05) is 7.11 Å². The van der Waals surface area contributed by atoms with Gasteiger partial charge in [-0.15, -0.1) is 0 Å². The van der Waals surface area contributed by atoms with Gasteiger partial charge in [-0.1, -0.05) is 11.6 Å². The molecule has 1 aromatic carbocycles. The van der Waals surface area contributed by atoms with Crippen molar-refractivity contribution in [1.82, 2.24) is 9.97 Å². The molecule has 0 saturated heterocycles. The van der Waals surface area contributed by atoms with Gasteiger partial charge in [0.25, 0.3) is 0 Å². The van der Waals surface area contributed by atoms with Crippen molar-refractivity contribution in [1.29, 1.82) is 0 Å². The molecule has 0 spiro atoms. The average molecular weight is 321 g/mol. The van der Waals surface area contributed by atoms with Crippen molar-refractivity contribution < 1.29 is 22.3 Å². The van der Waals surface area contributed by atoms with Crippen molar-refractivity contribution in [3.8, 4) is 17.0 Å². The Labute approximate surface area is 122 Å². The largest absolute Gasteiger partial charge is 0.495 e. The van der Waals surface area contributed by atoms with Crippen LogP contribution >= 0.6 is 11.6 Å². The van der Waals surface area contributed by atoms with Crippen LogP contribution in [0.1, 0.15) is 11.3 Å². The van der Waals surface area contributed by atoms with E-state index in [1.54, 1.807) is 0 Å². The van der Waals surface area contributed by atoms with Crippen molar-refractivity contribution >= 4 is 11.6 Å². The first-order valence-corrected chi connectivity index (χ1v) is 6.05. The molecular formula is C13H9ClF4N2O. The SMILES string of the molecule is COc1cc(-c2ncnc(C(F)(F)F)c2C)c(F)cc1Cl. The minimum atomic E-state index is -4.64. The second kappa shape index (κ2) is 5.48. The molecule has 0 bridgehead atoms. The summed E-state index contributed by atoms with van der Waals surface area (Å²) in [6.45, 7) is 1.18. The summed E-state index contributed by atoms with van der Waals surface area (Å²) in [5, 5.41) is 0.0153. The molecule has 8 heteroatoms. The summed E-state index contributed by atoms with van der Waals surface area (Å²) in [6.07, 6.45) is -3.90. The number of rotatable bonds is 2. The first kappa shape index (κ1) is 15.5. The molecule has 0 N–H and O–H groups in total. The molecule has 0 atom stereocenters. The van der Waals surface area contributed by atoms with Crippen LogP contribution in [0.3, 0.4) is 0 Å². The Morgan fingerprint density at radius 1 is 1.19 bits per heavy atom. The molecule has 2 aromatic rings. The first-order valence-electron chi connectivity index (χ1n) is 5.68. The van der Waals surface area contributed by atoms with Gasteiger partial charge in [-0.2, -0.15) is 13.2 Å². The second-order valence-electron chi connectivity index (χ2n) is 4.16. The number of benzene rings is 1. The number of hydrogen-bond acceptors (Lipinski definition) is 3. The van der Waals surface area contributed by atoms with Crippen LogP contribution in [0.25, 0.3) is 11.3 Å². The van der Waals surface area contributed by atoms with Crippen LogP contribution < -0.4 is 4.74 Å². The molecular weight excluding hydrogens is 312 g/mol. The molecule has 0 amide bonds. The molecule has 112 valence electrons. The summed E-state index contributed by atoms with van der Waals surface area (Å²) in [4.78, 5) is 6.95. The van der Waals surface area contributed by atoms with Crippen LogP contribution in [0.2, 0.25) is 5.02 Å². The quantitative estimate of drug-likeness (QED) is 0.775. The Kier molecular flexibility index (Phi) is 4.04. The molecule has 21 heavy (non-hydrogen) atoms. The lowest BCUT2D eigenvalue weighted by Crippen LogP contribution is -2.12. The van der Waals surface area contributed by atoms with Crippen molar-refractivity contribution in [2.24, 2.45) is 0 Å². The van der Waals surface area contributed by atoms with E-state index in [0.717, 1.165) is 12.4 Å². The molecule has 0 fully saturated rings. The van der Waals surface area contributed by atoms with E-state index in [1.807, 2.05) is 0 Å². The highest BCUT2D eigenvalue weighted by Gasteiger charge is 2.35. The van der Waals surface area contributed by atoms with Crippen LogP contribution in [0.5, 0.6) is 5.75 Å². The van der Waals surface area contributed by atoms with E-state index in [9.17, 15) is 17.6 Å². The van der Waals surface area contributed by atoms with Crippen LogP contribution in [-0.4, -0.2) is 17.1 Å². The highest BCUT2D eigenvalue weighted by atomic mass is 35.5. The smallest absolute Gasteiger partial charge is 0.433 e. The summed E-state index contributed by atoms with van der Waals surface area (Å²) >= 11 is 5.75. The van der Waals surface area contributed by atoms with E-state index in [0.29, 0.717) is 0 Å². The molecule has 2 rings (SSSR count). The van der Waals surface area contributed by atoms with Gasteiger partial charge in [-0.3, -0.25) is 0 Å². The number of methoxy groups -OCH3 is 1. The fourth-order valence-electron chi connectivity index (χ4n) is 1.87. The maximum absolute atomic E-state index is 14.0. The van der Waals surface area contributed by atoms with Gasteiger partial charge in [0.15, 0.2) is 5.69 Å². The number of nitrogens with zero attached hydrogens (tertiary/aromatic N) is 2. The van der Waals surface area contributed by atoms with Crippen LogP contribution in [0, 0.1) is 12.7 Å². The van der Waals surface area contributed by atoms with E-state index in [2.05, 4.69) is 9.97 Å². The fraction of sp³-hybridized carbons (Fsp3) is 0.231. The predicted molar refractivity (Wildman–Crippen MR) is 68.7 cm³/mol. The molecule has 0 radical (unpaired) electrons. The summed E-state index contributed by atoms with van der Waals surface area (Å²) < 4.78 is 57.4. The molecule has 0 aliphatic carbocycles. The average Bonchev–Trinajstić information content (AvgIpc) is 2.38. The minimum absolute atomic E-state index is 0.0153. The standard InChI is InChI=1S/C13H9ClF4N2O/c1-6-11(19-5-20-12(6)13(16,17)18)7-3-10(21-2)8(14)4-9(7)15/h3-5H,1-2H3. The van der Waals surface area contributed by atoms with Gasteiger partial charge in [0.1, 0.15) is 17.9 Å². The zero-order chi connectivity index (χ0) is 15.8. The minimum Gasteiger partial charge on any atom is -0.495 e.